The van der Waals surface area contributed by atoms with Crippen LogP contribution in [0.5, 0.6) is 0 Å². The van der Waals surface area contributed by atoms with Crippen molar-refractivity contribution in [1.82, 2.24) is 4.90 Å². The molecule has 0 spiro atoms. The third-order valence-electron chi connectivity index (χ3n) is 5.33. The first-order valence-electron chi connectivity index (χ1n) is 8.28. The van der Waals surface area contributed by atoms with E-state index in [0.717, 1.165) is 6.42 Å². The maximum atomic E-state index is 6.63. The summed E-state index contributed by atoms with van der Waals surface area (Å²) in [6, 6.07) is 9.27. The van der Waals surface area contributed by atoms with Crippen LogP contribution in [-0.2, 0) is 11.8 Å². The molecular weight excluding hydrogens is 256 g/mol. The van der Waals surface area contributed by atoms with Crippen molar-refractivity contribution >= 4 is 0 Å². The largest absolute Gasteiger partial charge is 0.326 e. The molecule has 1 aromatic carbocycles. The Hall–Kier alpha value is -0.860. The molecule has 0 saturated heterocycles. The monoisotopic (exact) mass is 288 g/mol. The summed E-state index contributed by atoms with van der Waals surface area (Å²) in [5.74, 6) is 0. The average molecular weight is 288 g/mol. The van der Waals surface area contributed by atoms with Gasteiger partial charge in [-0.25, -0.2) is 0 Å². The molecule has 1 fully saturated rings. The quantitative estimate of drug-likeness (QED) is 0.914. The lowest BCUT2D eigenvalue weighted by atomic mass is 9.82. The van der Waals surface area contributed by atoms with Crippen LogP contribution < -0.4 is 5.73 Å². The molecular formula is C19H32N2. The van der Waals surface area contributed by atoms with Crippen molar-refractivity contribution in [2.45, 2.75) is 69.9 Å². The Balaban J connectivity index is 2.10. The van der Waals surface area contributed by atoms with Crippen molar-refractivity contribution in [2.75, 3.05) is 14.1 Å². The summed E-state index contributed by atoms with van der Waals surface area (Å²) in [5.41, 5.74) is 9.80. The zero-order valence-corrected chi connectivity index (χ0v) is 14.4. The van der Waals surface area contributed by atoms with E-state index in [1.165, 1.54) is 36.8 Å². The van der Waals surface area contributed by atoms with E-state index in [1.807, 2.05) is 0 Å². The highest BCUT2D eigenvalue weighted by Crippen LogP contribution is 2.37. The molecule has 0 bridgehead atoms. The van der Waals surface area contributed by atoms with E-state index in [-0.39, 0.29) is 17.0 Å². The molecule has 0 radical (unpaired) electrons. The van der Waals surface area contributed by atoms with Crippen molar-refractivity contribution in [1.29, 1.82) is 0 Å². The van der Waals surface area contributed by atoms with Crippen molar-refractivity contribution in [3.05, 3.63) is 35.4 Å². The third kappa shape index (κ3) is 3.49. The molecule has 0 aromatic heterocycles. The van der Waals surface area contributed by atoms with Gasteiger partial charge in [0, 0.05) is 11.6 Å². The molecule has 1 unspecified atom stereocenters. The van der Waals surface area contributed by atoms with E-state index in [0.29, 0.717) is 0 Å². The van der Waals surface area contributed by atoms with Gasteiger partial charge in [-0.05, 0) is 49.9 Å². The Morgan fingerprint density at radius 2 is 1.62 bits per heavy atom. The second-order valence-corrected chi connectivity index (χ2v) is 7.96. The molecule has 0 heterocycles. The minimum absolute atomic E-state index is 0.197. The summed E-state index contributed by atoms with van der Waals surface area (Å²) in [5, 5.41) is 0. The van der Waals surface area contributed by atoms with Gasteiger partial charge in [-0.15, -0.1) is 0 Å². The number of rotatable bonds is 4. The smallest absolute Gasteiger partial charge is 0.0357 e. The molecule has 1 aromatic rings. The first-order chi connectivity index (χ1) is 9.75. The molecule has 0 aliphatic heterocycles. The minimum atomic E-state index is 0.197. The van der Waals surface area contributed by atoms with E-state index < -0.39 is 0 Å². The summed E-state index contributed by atoms with van der Waals surface area (Å²) in [4.78, 5) is 2.37. The Morgan fingerprint density at radius 3 is 2.05 bits per heavy atom. The summed E-state index contributed by atoms with van der Waals surface area (Å²) < 4.78 is 0. The summed E-state index contributed by atoms with van der Waals surface area (Å²) in [6.45, 7) is 6.77. The Kier molecular flexibility index (Phi) is 4.79. The lowest BCUT2D eigenvalue weighted by Crippen LogP contribution is -2.56. The van der Waals surface area contributed by atoms with Crippen LogP contribution >= 0.6 is 0 Å². The van der Waals surface area contributed by atoms with Gasteiger partial charge in [0.2, 0.25) is 0 Å². The van der Waals surface area contributed by atoms with Gasteiger partial charge in [0.05, 0.1) is 0 Å². The molecule has 2 rings (SSSR count). The van der Waals surface area contributed by atoms with Crippen molar-refractivity contribution in [2.24, 2.45) is 5.73 Å². The second kappa shape index (κ2) is 6.10. The fourth-order valence-corrected chi connectivity index (χ4v) is 3.72. The molecule has 1 atom stereocenters. The van der Waals surface area contributed by atoms with Gasteiger partial charge < -0.3 is 10.6 Å². The first-order valence-corrected chi connectivity index (χ1v) is 8.28. The van der Waals surface area contributed by atoms with E-state index in [1.54, 1.807) is 0 Å². The number of hydrogen-bond acceptors (Lipinski definition) is 2. The van der Waals surface area contributed by atoms with Crippen LogP contribution in [0.3, 0.4) is 0 Å². The molecule has 2 heteroatoms. The van der Waals surface area contributed by atoms with Crippen LogP contribution in [0, 0.1) is 0 Å². The first kappa shape index (κ1) is 16.5. The summed E-state index contributed by atoms with van der Waals surface area (Å²) in [7, 11) is 4.38. The zero-order valence-electron chi connectivity index (χ0n) is 14.4. The Labute approximate surface area is 130 Å². The van der Waals surface area contributed by atoms with Gasteiger partial charge in [0.25, 0.3) is 0 Å². The van der Waals surface area contributed by atoms with Gasteiger partial charge in [-0.1, -0.05) is 57.9 Å². The maximum absolute atomic E-state index is 6.63. The fourth-order valence-electron chi connectivity index (χ4n) is 3.72. The van der Waals surface area contributed by atoms with Crippen LogP contribution in [0.25, 0.3) is 0 Å². The van der Waals surface area contributed by atoms with Crippen molar-refractivity contribution in [3.8, 4) is 0 Å². The van der Waals surface area contributed by atoms with Crippen LogP contribution in [0.4, 0.5) is 0 Å². The molecule has 2 nitrogen and oxygen atoms in total. The summed E-state index contributed by atoms with van der Waals surface area (Å²) in [6.07, 6.45) is 6.08. The zero-order chi connectivity index (χ0) is 15.7. The highest BCUT2D eigenvalue weighted by atomic mass is 15.2. The molecule has 1 saturated carbocycles. The second-order valence-electron chi connectivity index (χ2n) is 7.96. The predicted octanol–water partition coefficient (Wildman–Crippen LogP) is 3.73. The standard InChI is InChI=1S/C19H32N2/c1-18(2,3)16-10-8-15(9-11-16)14-17(20)19(21(4)5)12-6-7-13-19/h8-11,17H,6-7,12-14,20H2,1-5H3. The highest BCUT2D eigenvalue weighted by molar-refractivity contribution is 5.28. The van der Waals surface area contributed by atoms with Crippen molar-refractivity contribution in [3.63, 3.8) is 0 Å². The third-order valence-corrected chi connectivity index (χ3v) is 5.33. The number of nitrogens with zero attached hydrogens (tertiary/aromatic N) is 1. The van der Waals surface area contributed by atoms with Crippen LogP contribution in [0.1, 0.15) is 57.6 Å². The van der Waals surface area contributed by atoms with Crippen LogP contribution in [-0.4, -0.2) is 30.6 Å². The van der Waals surface area contributed by atoms with E-state index in [4.69, 9.17) is 5.73 Å². The Bertz CT molecular complexity index is 447. The van der Waals surface area contributed by atoms with Crippen LogP contribution in [0.15, 0.2) is 24.3 Å². The van der Waals surface area contributed by atoms with Gasteiger partial charge >= 0.3 is 0 Å². The van der Waals surface area contributed by atoms with E-state index in [2.05, 4.69) is 64.0 Å². The lowest BCUT2D eigenvalue weighted by molar-refractivity contribution is 0.123. The lowest BCUT2D eigenvalue weighted by Gasteiger charge is -2.41. The van der Waals surface area contributed by atoms with Crippen LogP contribution in [0.2, 0.25) is 0 Å². The molecule has 118 valence electrons. The van der Waals surface area contributed by atoms with Gasteiger partial charge in [-0.2, -0.15) is 0 Å². The normalized spacial score (nSPS) is 20.0. The molecule has 0 amide bonds. The average Bonchev–Trinajstić information content (AvgIpc) is 2.89. The topological polar surface area (TPSA) is 29.3 Å². The van der Waals surface area contributed by atoms with Gasteiger partial charge in [0.1, 0.15) is 0 Å². The number of nitrogens with two attached hydrogens (primary N) is 1. The Morgan fingerprint density at radius 1 is 1.10 bits per heavy atom. The molecule has 1 aliphatic carbocycles. The number of benzene rings is 1. The minimum Gasteiger partial charge on any atom is -0.326 e. The molecule has 1 aliphatic rings. The molecule has 2 N–H and O–H groups in total. The maximum Gasteiger partial charge on any atom is 0.0357 e. The molecule has 21 heavy (non-hydrogen) atoms. The van der Waals surface area contributed by atoms with Crippen molar-refractivity contribution < 1.29 is 0 Å². The fraction of sp³-hybridized carbons (Fsp3) is 0.684. The number of hydrogen-bond donors (Lipinski definition) is 1. The highest BCUT2D eigenvalue weighted by Gasteiger charge is 2.41. The summed E-state index contributed by atoms with van der Waals surface area (Å²) >= 11 is 0. The van der Waals surface area contributed by atoms with Gasteiger partial charge in [0.15, 0.2) is 0 Å². The number of likely N-dealkylation sites (N-methyl/N-ethyl adjacent to an activating group) is 1. The van der Waals surface area contributed by atoms with E-state index >= 15 is 0 Å². The SMILES string of the molecule is CN(C)C1(C(N)Cc2ccc(C(C)(C)C)cc2)CCCC1. The van der Waals surface area contributed by atoms with E-state index in [9.17, 15) is 0 Å². The van der Waals surface area contributed by atoms with Gasteiger partial charge in [-0.3, -0.25) is 0 Å². The predicted molar refractivity (Wildman–Crippen MR) is 91.7 cm³/mol.